The van der Waals surface area contributed by atoms with Gasteiger partial charge in [-0.2, -0.15) is 0 Å². The highest BCUT2D eigenvalue weighted by molar-refractivity contribution is 7.18. The van der Waals surface area contributed by atoms with E-state index in [1.54, 1.807) is 38.5 Å². The van der Waals surface area contributed by atoms with E-state index in [0.29, 0.717) is 17.1 Å². The van der Waals surface area contributed by atoms with Gasteiger partial charge in [0.05, 0.1) is 14.2 Å². The second-order valence-electron chi connectivity index (χ2n) is 5.61. The van der Waals surface area contributed by atoms with E-state index in [4.69, 9.17) is 9.47 Å². The number of allylic oxidation sites excluding steroid dienone is 1. The summed E-state index contributed by atoms with van der Waals surface area (Å²) in [5.74, 6) is 1.25. The number of hydrogen-bond donors (Lipinski definition) is 1. The smallest absolute Gasteiger partial charge is 0.257 e. The number of benzene rings is 2. The molecule has 3 rings (SSSR count). The number of anilines is 1. The third-order valence-corrected chi connectivity index (χ3v) is 4.78. The molecule has 0 aliphatic rings. The maximum absolute atomic E-state index is 12.5. The van der Waals surface area contributed by atoms with Crippen LogP contribution >= 0.6 is 11.3 Å². The van der Waals surface area contributed by atoms with Crippen molar-refractivity contribution in [2.75, 3.05) is 19.5 Å². The summed E-state index contributed by atoms with van der Waals surface area (Å²) in [5, 5.41) is 12.1. The molecule has 0 radical (unpaired) electrons. The third-order valence-electron chi connectivity index (χ3n) is 3.89. The zero-order valence-electron chi connectivity index (χ0n) is 15.1. The monoisotopic (exact) mass is 381 g/mol. The minimum atomic E-state index is -0.250. The molecule has 1 amide bonds. The normalized spacial score (nSPS) is 10.3. The fourth-order valence-corrected chi connectivity index (χ4v) is 3.27. The lowest BCUT2D eigenvalue weighted by molar-refractivity contribution is 0.102. The Kier molecular flexibility index (Phi) is 5.83. The van der Waals surface area contributed by atoms with Crippen LogP contribution in [-0.2, 0) is 6.42 Å². The second-order valence-corrected chi connectivity index (χ2v) is 6.59. The van der Waals surface area contributed by atoms with Crippen molar-refractivity contribution in [1.82, 2.24) is 10.2 Å². The van der Waals surface area contributed by atoms with E-state index < -0.39 is 0 Å². The molecule has 1 heterocycles. The van der Waals surface area contributed by atoms with Crippen molar-refractivity contribution < 1.29 is 14.3 Å². The van der Waals surface area contributed by atoms with Crippen LogP contribution in [0.25, 0.3) is 10.6 Å². The van der Waals surface area contributed by atoms with Crippen LogP contribution in [0, 0.1) is 0 Å². The lowest BCUT2D eigenvalue weighted by Gasteiger charge is -2.09. The van der Waals surface area contributed by atoms with Crippen LogP contribution in [0.15, 0.2) is 55.1 Å². The Balaban J connectivity index is 1.75. The molecule has 0 atom stereocenters. The molecular weight excluding hydrogens is 362 g/mol. The molecule has 1 N–H and O–H groups in total. The minimum absolute atomic E-state index is 0.250. The minimum Gasteiger partial charge on any atom is -0.497 e. The highest BCUT2D eigenvalue weighted by atomic mass is 32.1. The molecule has 0 fully saturated rings. The van der Waals surface area contributed by atoms with Crippen molar-refractivity contribution in [3.8, 4) is 22.1 Å². The molecule has 0 unspecified atom stereocenters. The van der Waals surface area contributed by atoms with Gasteiger partial charge >= 0.3 is 0 Å². The average Bonchev–Trinajstić information content (AvgIpc) is 3.16. The number of carbonyl (C=O) groups is 1. The SMILES string of the molecule is C=CCc1cc(C(=O)Nc2nnc(-c3ccc(OC)cc3)s2)ccc1OC. The lowest BCUT2D eigenvalue weighted by Crippen LogP contribution is -2.12. The number of carbonyl (C=O) groups excluding carboxylic acids is 1. The molecule has 0 bridgehead atoms. The van der Waals surface area contributed by atoms with Crippen LogP contribution in [0.4, 0.5) is 5.13 Å². The van der Waals surface area contributed by atoms with Gasteiger partial charge in [-0.05, 0) is 54.4 Å². The molecule has 0 saturated carbocycles. The van der Waals surface area contributed by atoms with Crippen molar-refractivity contribution >= 4 is 22.4 Å². The summed E-state index contributed by atoms with van der Waals surface area (Å²) in [6, 6.07) is 12.8. The van der Waals surface area contributed by atoms with E-state index in [9.17, 15) is 4.79 Å². The first-order valence-corrected chi connectivity index (χ1v) is 9.03. The van der Waals surface area contributed by atoms with E-state index in [0.717, 1.165) is 27.6 Å². The maximum atomic E-state index is 12.5. The molecule has 0 aliphatic carbocycles. The van der Waals surface area contributed by atoms with Crippen molar-refractivity contribution in [2.45, 2.75) is 6.42 Å². The first kappa shape index (κ1) is 18.6. The van der Waals surface area contributed by atoms with Gasteiger partial charge in [0.1, 0.15) is 16.5 Å². The molecule has 3 aromatic rings. The predicted octanol–water partition coefficient (Wildman–Crippen LogP) is 4.20. The number of nitrogens with zero attached hydrogens (tertiary/aromatic N) is 2. The standard InChI is InChI=1S/C20H19N3O3S/c1-4-5-14-12-15(8-11-17(14)26-3)18(24)21-20-23-22-19(27-20)13-6-9-16(25-2)10-7-13/h4,6-12H,1,5H2,2-3H3,(H,21,23,24). The molecule has 0 saturated heterocycles. The maximum Gasteiger partial charge on any atom is 0.257 e. The first-order valence-electron chi connectivity index (χ1n) is 8.21. The Morgan fingerprint density at radius 2 is 1.93 bits per heavy atom. The highest BCUT2D eigenvalue weighted by Crippen LogP contribution is 2.28. The number of hydrogen-bond acceptors (Lipinski definition) is 6. The fourth-order valence-electron chi connectivity index (χ4n) is 2.53. The molecule has 0 aliphatic heterocycles. The Bertz CT molecular complexity index is 951. The number of aromatic nitrogens is 2. The largest absolute Gasteiger partial charge is 0.497 e. The zero-order valence-corrected chi connectivity index (χ0v) is 15.9. The van der Waals surface area contributed by atoms with Crippen molar-refractivity contribution in [3.63, 3.8) is 0 Å². The van der Waals surface area contributed by atoms with Crippen molar-refractivity contribution in [1.29, 1.82) is 0 Å². The summed E-state index contributed by atoms with van der Waals surface area (Å²) < 4.78 is 10.5. The van der Waals surface area contributed by atoms with E-state index in [1.165, 1.54) is 11.3 Å². The van der Waals surface area contributed by atoms with E-state index >= 15 is 0 Å². The van der Waals surface area contributed by atoms with Gasteiger partial charge < -0.3 is 9.47 Å². The van der Waals surface area contributed by atoms with E-state index in [-0.39, 0.29) is 5.91 Å². The summed E-state index contributed by atoms with van der Waals surface area (Å²) in [6.45, 7) is 3.74. The molecule has 1 aromatic heterocycles. The van der Waals surface area contributed by atoms with Gasteiger partial charge in [-0.1, -0.05) is 17.4 Å². The Labute approximate surface area is 161 Å². The average molecular weight is 381 g/mol. The summed E-state index contributed by atoms with van der Waals surface area (Å²) in [5.41, 5.74) is 2.33. The Morgan fingerprint density at radius 3 is 2.59 bits per heavy atom. The highest BCUT2D eigenvalue weighted by Gasteiger charge is 2.13. The summed E-state index contributed by atoms with van der Waals surface area (Å²) in [6.07, 6.45) is 2.39. The van der Waals surface area contributed by atoms with Crippen molar-refractivity contribution in [2.24, 2.45) is 0 Å². The molecule has 138 valence electrons. The number of rotatable bonds is 7. The molecule has 6 nitrogen and oxygen atoms in total. The molecule has 0 spiro atoms. The Hall–Kier alpha value is -3.19. The summed E-state index contributed by atoms with van der Waals surface area (Å²) >= 11 is 1.31. The van der Waals surface area contributed by atoms with Crippen LogP contribution < -0.4 is 14.8 Å². The molecule has 2 aromatic carbocycles. The van der Waals surface area contributed by atoms with Crippen LogP contribution in [0.3, 0.4) is 0 Å². The third kappa shape index (κ3) is 4.32. The first-order chi connectivity index (χ1) is 13.1. The van der Waals surface area contributed by atoms with E-state index in [2.05, 4.69) is 22.1 Å². The number of ether oxygens (including phenoxy) is 2. The topological polar surface area (TPSA) is 73.3 Å². The van der Waals surface area contributed by atoms with E-state index in [1.807, 2.05) is 24.3 Å². The quantitative estimate of drug-likeness (QED) is 0.621. The van der Waals surface area contributed by atoms with Crippen LogP contribution in [0.2, 0.25) is 0 Å². The van der Waals surface area contributed by atoms with Crippen LogP contribution in [0.1, 0.15) is 15.9 Å². The lowest BCUT2D eigenvalue weighted by atomic mass is 10.1. The number of nitrogens with one attached hydrogen (secondary N) is 1. The zero-order chi connectivity index (χ0) is 19.2. The summed E-state index contributed by atoms with van der Waals surface area (Å²) in [7, 11) is 3.22. The van der Waals surface area contributed by atoms with Crippen LogP contribution in [-0.4, -0.2) is 30.3 Å². The van der Waals surface area contributed by atoms with Gasteiger partial charge in [-0.15, -0.1) is 16.8 Å². The molecule has 7 heteroatoms. The van der Waals surface area contributed by atoms with Gasteiger partial charge in [0.15, 0.2) is 0 Å². The predicted molar refractivity (Wildman–Crippen MR) is 107 cm³/mol. The Morgan fingerprint density at radius 1 is 1.15 bits per heavy atom. The fraction of sp³-hybridized carbons (Fsp3) is 0.150. The second kappa shape index (κ2) is 8.46. The van der Waals surface area contributed by atoms with Gasteiger partial charge in [0.2, 0.25) is 5.13 Å². The molecular formula is C20H19N3O3S. The van der Waals surface area contributed by atoms with Gasteiger partial charge in [-0.25, -0.2) is 0 Å². The van der Waals surface area contributed by atoms with Crippen LogP contribution in [0.5, 0.6) is 11.5 Å². The van der Waals surface area contributed by atoms with Gasteiger partial charge in [0.25, 0.3) is 5.91 Å². The number of methoxy groups -OCH3 is 2. The molecule has 27 heavy (non-hydrogen) atoms. The summed E-state index contributed by atoms with van der Waals surface area (Å²) in [4.78, 5) is 12.5. The van der Waals surface area contributed by atoms with Gasteiger partial charge in [-0.3, -0.25) is 10.1 Å². The number of amides is 1. The van der Waals surface area contributed by atoms with Gasteiger partial charge in [0, 0.05) is 11.1 Å². The van der Waals surface area contributed by atoms with Crippen molar-refractivity contribution in [3.05, 3.63) is 66.2 Å².